The third-order valence-corrected chi connectivity index (χ3v) is 5.82. The Labute approximate surface area is 189 Å². The molecule has 0 radical (unpaired) electrons. The highest BCUT2D eigenvalue weighted by atomic mass is 79.9. The number of nitrogens with zero attached hydrogens (tertiary/aromatic N) is 2. The van der Waals surface area contributed by atoms with Gasteiger partial charge in [-0.25, -0.2) is 0 Å². The smallest absolute Gasteiger partial charge is 0.254 e. The summed E-state index contributed by atoms with van der Waals surface area (Å²) in [5.41, 5.74) is 2.09. The summed E-state index contributed by atoms with van der Waals surface area (Å²) in [7, 11) is 0. The molecule has 0 aliphatic heterocycles. The molecule has 1 N–H and O–H groups in total. The Hall–Kier alpha value is -1.60. The van der Waals surface area contributed by atoms with Gasteiger partial charge in [0.15, 0.2) is 0 Å². The zero-order chi connectivity index (χ0) is 20.3. The van der Waals surface area contributed by atoms with Crippen molar-refractivity contribution in [1.82, 2.24) is 9.88 Å². The van der Waals surface area contributed by atoms with Gasteiger partial charge in [0.25, 0.3) is 5.91 Å². The topological polar surface area (TPSA) is 53.4 Å². The molecule has 3 rings (SSSR count). The lowest BCUT2D eigenvalue weighted by atomic mass is 10.1. The number of carbonyl (C=O) groups excluding carboxylic acids is 1. The number of benzene rings is 2. The summed E-state index contributed by atoms with van der Waals surface area (Å²) in [4.78, 5) is 19.0. The first kappa shape index (κ1) is 21.1. The van der Waals surface area contributed by atoms with E-state index in [0.717, 1.165) is 11.1 Å². The molecule has 0 spiro atoms. The average Bonchev–Trinajstić information content (AvgIpc) is 2.67. The van der Waals surface area contributed by atoms with Crippen molar-refractivity contribution in [2.24, 2.45) is 0 Å². The standard InChI is InChI=1S/C20H14Br2Cl2N2O2/c21-16-6-14(7-17(22)19(16)27)20(28)26(10-12-2-1-5-25-9-12)11-13-3-4-15(23)8-18(13)24/h1-9,27H,10-11H2. The van der Waals surface area contributed by atoms with E-state index in [1.54, 1.807) is 47.6 Å². The zero-order valence-electron chi connectivity index (χ0n) is 14.4. The van der Waals surface area contributed by atoms with Crippen molar-refractivity contribution in [3.8, 4) is 5.75 Å². The highest BCUT2D eigenvalue weighted by Crippen LogP contribution is 2.34. The Morgan fingerprint density at radius 1 is 1.07 bits per heavy atom. The van der Waals surface area contributed by atoms with Gasteiger partial charge in [-0.1, -0.05) is 35.3 Å². The number of aromatic hydroxyl groups is 1. The molecular weight excluding hydrogens is 531 g/mol. The van der Waals surface area contributed by atoms with Crippen molar-refractivity contribution in [2.75, 3.05) is 0 Å². The Kier molecular flexibility index (Phi) is 6.99. The minimum atomic E-state index is -0.212. The maximum Gasteiger partial charge on any atom is 0.254 e. The first-order valence-electron chi connectivity index (χ1n) is 8.15. The zero-order valence-corrected chi connectivity index (χ0v) is 19.1. The molecule has 3 aromatic rings. The highest BCUT2D eigenvalue weighted by Gasteiger charge is 2.20. The molecule has 0 saturated heterocycles. The maximum atomic E-state index is 13.3. The van der Waals surface area contributed by atoms with Crippen LogP contribution in [0.5, 0.6) is 5.75 Å². The van der Waals surface area contributed by atoms with Gasteiger partial charge in [0.05, 0.1) is 8.95 Å². The van der Waals surface area contributed by atoms with E-state index < -0.39 is 0 Å². The number of pyridine rings is 1. The summed E-state index contributed by atoms with van der Waals surface area (Å²) in [6.45, 7) is 0.640. The van der Waals surface area contributed by atoms with Crippen molar-refractivity contribution in [3.05, 3.63) is 90.5 Å². The lowest BCUT2D eigenvalue weighted by Gasteiger charge is -2.24. The Morgan fingerprint density at radius 2 is 1.79 bits per heavy atom. The summed E-state index contributed by atoms with van der Waals surface area (Å²) < 4.78 is 0.854. The minimum Gasteiger partial charge on any atom is -0.506 e. The predicted octanol–water partition coefficient (Wildman–Crippen LogP) is 6.46. The van der Waals surface area contributed by atoms with Crippen LogP contribution in [0.15, 0.2) is 63.8 Å². The quantitative estimate of drug-likeness (QED) is 0.401. The minimum absolute atomic E-state index is 0.0381. The van der Waals surface area contributed by atoms with E-state index in [0.29, 0.717) is 37.6 Å². The van der Waals surface area contributed by atoms with E-state index in [2.05, 4.69) is 36.8 Å². The SMILES string of the molecule is O=C(c1cc(Br)c(O)c(Br)c1)N(Cc1cccnc1)Cc1ccc(Cl)cc1Cl. The second kappa shape index (κ2) is 9.27. The second-order valence-electron chi connectivity index (χ2n) is 6.05. The molecule has 0 atom stereocenters. The predicted molar refractivity (Wildman–Crippen MR) is 118 cm³/mol. The number of hydrogen-bond donors (Lipinski definition) is 1. The number of amides is 1. The van der Waals surface area contributed by atoms with Gasteiger partial charge in [-0.3, -0.25) is 9.78 Å². The molecule has 0 unspecified atom stereocenters. The van der Waals surface area contributed by atoms with Gasteiger partial charge in [0.2, 0.25) is 0 Å². The molecule has 0 saturated carbocycles. The third-order valence-electron chi connectivity index (χ3n) is 4.02. The molecule has 1 amide bonds. The van der Waals surface area contributed by atoms with E-state index in [-0.39, 0.29) is 11.7 Å². The van der Waals surface area contributed by atoms with Crippen LogP contribution >= 0.6 is 55.1 Å². The lowest BCUT2D eigenvalue weighted by Crippen LogP contribution is -2.30. The normalized spacial score (nSPS) is 10.7. The number of phenols is 1. The van der Waals surface area contributed by atoms with Gasteiger partial charge in [-0.2, -0.15) is 0 Å². The van der Waals surface area contributed by atoms with Crippen LogP contribution in [0.1, 0.15) is 21.5 Å². The van der Waals surface area contributed by atoms with E-state index in [1.807, 2.05) is 12.1 Å². The van der Waals surface area contributed by atoms with Crippen LogP contribution in [-0.4, -0.2) is 20.9 Å². The summed E-state index contributed by atoms with van der Waals surface area (Å²) in [5.74, 6) is -0.174. The summed E-state index contributed by atoms with van der Waals surface area (Å²) >= 11 is 18.8. The summed E-state index contributed by atoms with van der Waals surface area (Å²) in [6.07, 6.45) is 3.40. The Balaban J connectivity index is 1.96. The number of hydrogen-bond acceptors (Lipinski definition) is 3. The molecule has 4 nitrogen and oxygen atoms in total. The van der Waals surface area contributed by atoms with Crippen LogP contribution in [0.2, 0.25) is 10.0 Å². The van der Waals surface area contributed by atoms with Gasteiger partial charge in [-0.15, -0.1) is 0 Å². The van der Waals surface area contributed by atoms with Crippen molar-refractivity contribution in [3.63, 3.8) is 0 Å². The molecule has 0 aliphatic rings. The second-order valence-corrected chi connectivity index (χ2v) is 8.60. The lowest BCUT2D eigenvalue weighted by molar-refractivity contribution is 0.0730. The number of phenolic OH excluding ortho intramolecular Hbond substituents is 1. The summed E-state index contributed by atoms with van der Waals surface area (Å²) in [6, 6.07) is 12.1. The molecule has 1 aromatic heterocycles. The number of aromatic nitrogens is 1. The van der Waals surface area contributed by atoms with Crippen LogP contribution in [0.3, 0.4) is 0 Å². The number of carbonyl (C=O) groups is 1. The van der Waals surface area contributed by atoms with Crippen LogP contribution in [0.4, 0.5) is 0 Å². The van der Waals surface area contributed by atoms with Crippen molar-refractivity contribution < 1.29 is 9.90 Å². The largest absolute Gasteiger partial charge is 0.506 e. The molecule has 144 valence electrons. The van der Waals surface area contributed by atoms with Gasteiger partial charge < -0.3 is 10.0 Å². The molecule has 1 heterocycles. The van der Waals surface area contributed by atoms with E-state index in [9.17, 15) is 9.90 Å². The molecule has 8 heteroatoms. The molecule has 0 aliphatic carbocycles. The molecule has 28 heavy (non-hydrogen) atoms. The molecule has 2 aromatic carbocycles. The summed E-state index contributed by atoms with van der Waals surface area (Å²) in [5, 5.41) is 11.0. The fourth-order valence-corrected chi connectivity index (χ4v) is 4.29. The highest BCUT2D eigenvalue weighted by molar-refractivity contribution is 9.11. The van der Waals surface area contributed by atoms with Gasteiger partial charge >= 0.3 is 0 Å². The third kappa shape index (κ3) is 5.06. The van der Waals surface area contributed by atoms with Crippen molar-refractivity contribution >= 4 is 61.0 Å². The molecule has 0 bridgehead atoms. The van der Waals surface area contributed by atoms with Crippen LogP contribution in [0.25, 0.3) is 0 Å². The average molecular weight is 545 g/mol. The van der Waals surface area contributed by atoms with E-state index in [4.69, 9.17) is 23.2 Å². The Bertz CT molecular complexity index is 993. The van der Waals surface area contributed by atoms with Crippen LogP contribution < -0.4 is 0 Å². The van der Waals surface area contributed by atoms with Crippen molar-refractivity contribution in [1.29, 1.82) is 0 Å². The van der Waals surface area contributed by atoms with Crippen LogP contribution in [-0.2, 0) is 13.1 Å². The fourth-order valence-electron chi connectivity index (χ4n) is 2.64. The van der Waals surface area contributed by atoms with Gasteiger partial charge in [-0.05, 0) is 73.3 Å². The van der Waals surface area contributed by atoms with E-state index >= 15 is 0 Å². The van der Waals surface area contributed by atoms with E-state index in [1.165, 1.54) is 0 Å². The first-order valence-corrected chi connectivity index (χ1v) is 10.5. The van der Waals surface area contributed by atoms with Gasteiger partial charge in [0.1, 0.15) is 5.75 Å². The number of rotatable bonds is 5. The van der Waals surface area contributed by atoms with Gasteiger partial charge in [0, 0.05) is 41.1 Å². The first-order chi connectivity index (χ1) is 13.3. The Morgan fingerprint density at radius 3 is 2.39 bits per heavy atom. The number of halogens is 4. The molecular formula is C20H14Br2Cl2N2O2. The fraction of sp³-hybridized carbons (Fsp3) is 0.100. The van der Waals surface area contributed by atoms with Crippen molar-refractivity contribution in [2.45, 2.75) is 13.1 Å². The molecule has 0 fully saturated rings. The monoisotopic (exact) mass is 542 g/mol. The van der Waals surface area contributed by atoms with Crippen LogP contribution in [0, 0.1) is 0 Å². The maximum absolute atomic E-state index is 13.3.